The monoisotopic (exact) mass is 241 g/mol. The van der Waals surface area contributed by atoms with Crippen LogP contribution in [0.1, 0.15) is 11.9 Å². The van der Waals surface area contributed by atoms with Gasteiger partial charge in [-0.1, -0.05) is 11.3 Å². The van der Waals surface area contributed by atoms with Gasteiger partial charge in [-0.2, -0.15) is 13.2 Å². The highest BCUT2D eigenvalue weighted by atomic mass is 32.1. The number of rotatable bonds is 4. The third-order valence-electron chi connectivity index (χ3n) is 1.68. The van der Waals surface area contributed by atoms with Crippen molar-refractivity contribution in [2.75, 3.05) is 24.6 Å². The largest absolute Gasteiger partial charge is 0.445 e. The lowest BCUT2D eigenvalue weighted by Gasteiger charge is -2.16. The van der Waals surface area contributed by atoms with Crippen molar-refractivity contribution in [3.8, 4) is 0 Å². The van der Waals surface area contributed by atoms with E-state index in [4.69, 9.17) is 5.11 Å². The lowest BCUT2D eigenvalue weighted by Crippen LogP contribution is -2.25. The van der Waals surface area contributed by atoms with Crippen LogP contribution in [0.15, 0.2) is 0 Å². The predicted octanol–water partition coefficient (Wildman–Crippen LogP) is 1.38. The van der Waals surface area contributed by atoms with Crippen molar-refractivity contribution in [3.05, 3.63) is 5.01 Å². The number of aliphatic hydroxyl groups excluding tert-OH is 1. The number of hydrogen-bond donors (Lipinski definition) is 1. The second kappa shape index (κ2) is 4.75. The molecule has 8 heteroatoms. The number of aromatic nitrogens is 2. The van der Waals surface area contributed by atoms with Gasteiger partial charge in [-0.3, -0.25) is 0 Å². The summed E-state index contributed by atoms with van der Waals surface area (Å²) >= 11 is 0.480. The van der Waals surface area contributed by atoms with Gasteiger partial charge in [-0.25, -0.2) is 0 Å². The molecule has 0 fully saturated rings. The van der Waals surface area contributed by atoms with Gasteiger partial charge in [0, 0.05) is 13.1 Å². The Labute approximate surface area is 88.4 Å². The van der Waals surface area contributed by atoms with Crippen LogP contribution in [0, 0.1) is 0 Å². The van der Waals surface area contributed by atoms with Crippen LogP contribution in [0.5, 0.6) is 0 Å². The van der Waals surface area contributed by atoms with Gasteiger partial charge in [0.05, 0.1) is 6.61 Å². The van der Waals surface area contributed by atoms with Gasteiger partial charge >= 0.3 is 6.18 Å². The number of aliphatic hydroxyl groups is 1. The van der Waals surface area contributed by atoms with Gasteiger partial charge in [0.25, 0.3) is 0 Å². The van der Waals surface area contributed by atoms with Crippen molar-refractivity contribution in [1.82, 2.24) is 10.2 Å². The maximum Gasteiger partial charge on any atom is 0.445 e. The Hall–Kier alpha value is -0.890. The minimum absolute atomic E-state index is 0.130. The van der Waals surface area contributed by atoms with Crippen LogP contribution in [-0.2, 0) is 6.18 Å². The maximum atomic E-state index is 12.2. The molecule has 1 aromatic heterocycles. The van der Waals surface area contributed by atoms with Crippen molar-refractivity contribution < 1.29 is 18.3 Å². The van der Waals surface area contributed by atoms with E-state index in [0.717, 1.165) is 0 Å². The Balaban J connectivity index is 2.82. The van der Waals surface area contributed by atoms with Crippen molar-refractivity contribution in [2.45, 2.75) is 13.1 Å². The van der Waals surface area contributed by atoms with Crippen LogP contribution in [0.2, 0.25) is 0 Å². The number of hydrogen-bond acceptors (Lipinski definition) is 5. The molecule has 0 saturated carbocycles. The van der Waals surface area contributed by atoms with E-state index in [1.807, 2.05) is 0 Å². The standard InChI is InChI=1S/C7H10F3N3OS/c1-2-13(3-4-14)6-12-11-5(15-6)7(8,9)10/h14H,2-4H2,1H3. The molecule has 15 heavy (non-hydrogen) atoms. The van der Waals surface area contributed by atoms with Gasteiger partial charge in [0.15, 0.2) is 0 Å². The van der Waals surface area contributed by atoms with Crippen LogP contribution >= 0.6 is 11.3 Å². The Bertz CT molecular complexity index is 315. The van der Waals surface area contributed by atoms with E-state index in [-0.39, 0.29) is 18.3 Å². The average Bonchev–Trinajstić information content (AvgIpc) is 2.62. The van der Waals surface area contributed by atoms with Crippen molar-refractivity contribution in [3.63, 3.8) is 0 Å². The van der Waals surface area contributed by atoms with Crippen LogP contribution < -0.4 is 4.90 Å². The summed E-state index contributed by atoms with van der Waals surface area (Å²) < 4.78 is 36.6. The number of anilines is 1. The first-order chi connectivity index (χ1) is 6.99. The van der Waals surface area contributed by atoms with E-state index in [1.165, 1.54) is 4.90 Å². The first kappa shape index (κ1) is 12.2. The molecule has 0 aromatic carbocycles. The second-order valence-electron chi connectivity index (χ2n) is 2.69. The molecule has 0 bridgehead atoms. The molecule has 0 aliphatic rings. The summed E-state index contributed by atoms with van der Waals surface area (Å²) in [5.41, 5.74) is 0. The SMILES string of the molecule is CCN(CCO)c1nnc(C(F)(F)F)s1. The maximum absolute atomic E-state index is 12.2. The Morgan fingerprint density at radius 3 is 2.47 bits per heavy atom. The molecule has 0 amide bonds. The summed E-state index contributed by atoms with van der Waals surface area (Å²) in [4.78, 5) is 1.53. The molecule has 86 valence electrons. The fourth-order valence-electron chi connectivity index (χ4n) is 0.968. The normalized spacial score (nSPS) is 11.8. The van der Waals surface area contributed by atoms with Gasteiger partial charge < -0.3 is 10.0 Å². The molecule has 0 aliphatic heterocycles. The summed E-state index contributed by atoms with van der Waals surface area (Å²) in [6, 6.07) is 0. The average molecular weight is 241 g/mol. The third-order valence-corrected chi connectivity index (χ3v) is 2.71. The molecular weight excluding hydrogens is 231 g/mol. The van der Waals surface area contributed by atoms with Gasteiger partial charge in [0.1, 0.15) is 0 Å². The van der Waals surface area contributed by atoms with Crippen LogP contribution in [0.3, 0.4) is 0 Å². The second-order valence-corrected chi connectivity index (χ2v) is 3.65. The lowest BCUT2D eigenvalue weighted by atomic mass is 10.5. The zero-order valence-electron chi connectivity index (χ0n) is 7.95. The molecule has 1 N–H and O–H groups in total. The highest BCUT2D eigenvalue weighted by molar-refractivity contribution is 7.15. The van der Waals surface area contributed by atoms with Crippen molar-refractivity contribution in [2.24, 2.45) is 0 Å². The van der Waals surface area contributed by atoms with Crippen molar-refractivity contribution >= 4 is 16.5 Å². The van der Waals surface area contributed by atoms with Gasteiger partial charge in [-0.05, 0) is 6.92 Å². The Kier molecular flexibility index (Phi) is 3.86. The highest BCUT2D eigenvalue weighted by Crippen LogP contribution is 2.34. The minimum atomic E-state index is -4.45. The summed E-state index contributed by atoms with van der Waals surface area (Å²) in [5.74, 6) is 0. The quantitative estimate of drug-likeness (QED) is 0.865. The highest BCUT2D eigenvalue weighted by Gasteiger charge is 2.36. The molecule has 4 nitrogen and oxygen atoms in total. The fourth-order valence-corrected chi connectivity index (χ4v) is 1.77. The zero-order chi connectivity index (χ0) is 11.5. The van der Waals surface area contributed by atoms with Crippen molar-refractivity contribution in [1.29, 1.82) is 0 Å². The molecular formula is C7H10F3N3OS. The molecule has 1 rings (SSSR count). The topological polar surface area (TPSA) is 49.2 Å². The van der Waals surface area contributed by atoms with Crippen LogP contribution in [-0.4, -0.2) is 35.0 Å². The summed E-state index contributed by atoms with van der Waals surface area (Å²) in [7, 11) is 0. The first-order valence-electron chi connectivity index (χ1n) is 4.25. The fraction of sp³-hybridized carbons (Fsp3) is 0.714. The van der Waals surface area contributed by atoms with E-state index in [2.05, 4.69) is 10.2 Å². The molecule has 0 unspecified atom stereocenters. The minimum Gasteiger partial charge on any atom is -0.395 e. The molecule has 0 spiro atoms. The van der Waals surface area contributed by atoms with E-state index >= 15 is 0 Å². The number of nitrogens with zero attached hydrogens (tertiary/aromatic N) is 3. The molecule has 0 atom stereocenters. The summed E-state index contributed by atoms with van der Waals surface area (Å²) in [6.07, 6.45) is -4.45. The smallest absolute Gasteiger partial charge is 0.395 e. The third kappa shape index (κ3) is 3.03. The molecule has 0 aliphatic carbocycles. The van der Waals surface area contributed by atoms with Gasteiger partial charge in [0.2, 0.25) is 10.1 Å². The van der Waals surface area contributed by atoms with E-state index in [0.29, 0.717) is 17.9 Å². The summed E-state index contributed by atoms with van der Waals surface area (Å²) in [5, 5.41) is 14.4. The molecule has 1 heterocycles. The molecule has 1 aromatic rings. The van der Waals surface area contributed by atoms with E-state index in [1.54, 1.807) is 6.92 Å². The Morgan fingerprint density at radius 1 is 1.40 bits per heavy atom. The lowest BCUT2D eigenvalue weighted by molar-refractivity contribution is -0.138. The van der Waals surface area contributed by atoms with Crippen LogP contribution in [0.25, 0.3) is 0 Å². The Morgan fingerprint density at radius 2 is 2.07 bits per heavy atom. The molecule has 0 radical (unpaired) electrons. The van der Waals surface area contributed by atoms with Gasteiger partial charge in [-0.15, -0.1) is 10.2 Å². The zero-order valence-corrected chi connectivity index (χ0v) is 8.77. The van der Waals surface area contributed by atoms with Crippen LogP contribution in [0.4, 0.5) is 18.3 Å². The predicted molar refractivity (Wildman–Crippen MR) is 49.9 cm³/mol. The number of alkyl halides is 3. The first-order valence-corrected chi connectivity index (χ1v) is 5.07. The number of halogens is 3. The van der Waals surface area contributed by atoms with E-state index in [9.17, 15) is 13.2 Å². The number of likely N-dealkylation sites (N-methyl/N-ethyl adjacent to an activating group) is 1. The van der Waals surface area contributed by atoms with E-state index < -0.39 is 11.2 Å². The summed E-state index contributed by atoms with van der Waals surface area (Å²) in [6.45, 7) is 2.37. The molecule has 0 saturated heterocycles.